The first kappa shape index (κ1) is 16.4. The largest absolute Gasteiger partial charge is 0.494 e. The van der Waals surface area contributed by atoms with Crippen molar-refractivity contribution < 1.29 is 9.53 Å². The zero-order chi connectivity index (χ0) is 15.8. The average molecular weight is 315 g/mol. The molecule has 116 valence electrons. The molecule has 0 aliphatic heterocycles. The van der Waals surface area contributed by atoms with Gasteiger partial charge in [0.05, 0.1) is 11.9 Å². The Balaban J connectivity index is 1.89. The molecule has 4 heteroatoms. The van der Waals surface area contributed by atoms with Crippen molar-refractivity contribution in [3.05, 3.63) is 60.2 Å². The van der Waals surface area contributed by atoms with Crippen molar-refractivity contribution in [2.45, 2.75) is 30.5 Å². The maximum Gasteiger partial charge on any atom is 0.233 e. The van der Waals surface area contributed by atoms with E-state index in [-0.39, 0.29) is 11.2 Å². The average Bonchev–Trinajstić information content (AvgIpc) is 2.55. The number of carbonyl (C=O) groups is 1. The molecule has 22 heavy (non-hydrogen) atoms. The maximum absolute atomic E-state index is 12.2. The third kappa shape index (κ3) is 4.81. The molecule has 0 saturated carbocycles. The zero-order valence-electron chi connectivity index (χ0n) is 12.9. The fraction of sp³-hybridized carbons (Fsp3) is 0.278. The molecule has 3 nitrogen and oxygen atoms in total. The van der Waals surface area contributed by atoms with Crippen molar-refractivity contribution >= 4 is 17.7 Å². The minimum Gasteiger partial charge on any atom is -0.494 e. The van der Waals surface area contributed by atoms with Gasteiger partial charge >= 0.3 is 0 Å². The van der Waals surface area contributed by atoms with Gasteiger partial charge in [-0.05, 0) is 32.0 Å². The summed E-state index contributed by atoms with van der Waals surface area (Å²) in [5.74, 6) is 0.855. The Bertz CT molecular complexity index is 601. The second kappa shape index (κ2) is 8.49. The minimum atomic E-state index is -0.137. The number of thioether (sulfide) groups is 1. The van der Waals surface area contributed by atoms with E-state index in [9.17, 15) is 4.79 Å². The molecule has 2 rings (SSSR count). The Labute approximate surface area is 136 Å². The van der Waals surface area contributed by atoms with E-state index in [1.807, 2.05) is 68.4 Å². The fourth-order valence-electron chi connectivity index (χ4n) is 2.03. The summed E-state index contributed by atoms with van der Waals surface area (Å²) < 4.78 is 5.57. The molecule has 0 fully saturated rings. The summed E-state index contributed by atoms with van der Waals surface area (Å²) in [7, 11) is 0. The van der Waals surface area contributed by atoms with Crippen molar-refractivity contribution in [3.8, 4) is 5.75 Å². The molecule has 0 heterocycles. The predicted octanol–water partition coefficient (Wildman–Crippen LogP) is 3.88. The normalized spacial score (nSPS) is 11.7. The van der Waals surface area contributed by atoms with Crippen LogP contribution in [0.2, 0.25) is 0 Å². The molecule has 2 aromatic carbocycles. The van der Waals surface area contributed by atoms with Gasteiger partial charge in [-0.2, -0.15) is 0 Å². The lowest BCUT2D eigenvalue weighted by Crippen LogP contribution is -2.30. The number of carbonyl (C=O) groups excluding carboxylic acids is 1. The summed E-state index contributed by atoms with van der Waals surface area (Å²) >= 11 is 1.56. The SMILES string of the molecule is CCOc1ccccc1CNC(=O)[C@H](C)Sc1ccccc1. The predicted molar refractivity (Wildman–Crippen MR) is 91.2 cm³/mol. The molecule has 0 bridgehead atoms. The highest BCUT2D eigenvalue weighted by Crippen LogP contribution is 2.23. The highest BCUT2D eigenvalue weighted by molar-refractivity contribution is 8.00. The molecule has 0 aromatic heterocycles. The number of amides is 1. The lowest BCUT2D eigenvalue weighted by molar-refractivity contribution is -0.120. The standard InChI is InChI=1S/C18H21NO2S/c1-3-21-17-12-8-7-9-15(17)13-19-18(20)14(2)22-16-10-5-4-6-11-16/h4-12,14H,3,13H2,1-2H3,(H,19,20)/t14-/m0/s1. The van der Waals surface area contributed by atoms with E-state index in [4.69, 9.17) is 4.74 Å². The van der Waals surface area contributed by atoms with Crippen LogP contribution in [0.5, 0.6) is 5.75 Å². The highest BCUT2D eigenvalue weighted by Gasteiger charge is 2.14. The number of nitrogens with one attached hydrogen (secondary N) is 1. The van der Waals surface area contributed by atoms with Crippen molar-refractivity contribution in [3.63, 3.8) is 0 Å². The summed E-state index contributed by atoms with van der Waals surface area (Å²) in [6.07, 6.45) is 0. The molecule has 1 atom stereocenters. The molecular weight excluding hydrogens is 294 g/mol. The van der Waals surface area contributed by atoms with Crippen molar-refractivity contribution in [1.29, 1.82) is 0 Å². The van der Waals surface area contributed by atoms with E-state index in [2.05, 4.69) is 5.32 Å². The van der Waals surface area contributed by atoms with E-state index in [1.54, 1.807) is 11.8 Å². The molecule has 1 amide bonds. The van der Waals surface area contributed by atoms with Gasteiger partial charge in [0.2, 0.25) is 5.91 Å². The minimum absolute atomic E-state index is 0.0279. The topological polar surface area (TPSA) is 38.3 Å². The number of hydrogen-bond donors (Lipinski definition) is 1. The van der Waals surface area contributed by atoms with Crippen molar-refractivity contribution in [2.24, 2.45) is 0 Å². The zero-order valence-corrected chi connectivity index (χ0v) is 13.7. The van der Waals surface area contributed by atoms with Gasteiger partial charge in [0.25, 0.3) is 0 Å². The van der Waals surface area contributed by atoms with Crippen LogP contribution in [0.15, 0.2) is 59.5 Å². The summed E-state index contributed by atoms with van der Waals surface area (Å²) in [6, 6.07) is 17.7. The number of para-hydroxylation sites is 1. The Morgan fingerprint density at radius 1 is 1.14 bits per heavy atom. The number of hydrogen-bond acceptors (Lipinski definition) is 3. The molecule has 0 unspecified atom stereocenters. The first-order chi connectivity index (χ1) is 10.7. The van der Waals surface area contributed by atoms with Crippen LogP contribution in [0.4, 0.5) is 0 Å². The number of rotatable bonds is 7. The molecule has 0 aliphatic rings. The van der Waals surface area contributed by atoms with Gasteiger partial charge in [0.15, 0.2) is 0 Å². The van der Waals surface area contributed by atoms with Gasteiger partial charge in [-0.3, -0.25) is 4.79 Å². The van der Waals surface area contributed by atoms with E-state index in [0.717, 1.165) is 16.2 Å². The molecule has 0 radical (unpaired) electrons. The van der Waals surface area contributed by atoms with Gasteiger partial charge in [-0.15, -0.1) is 11.8 Å². The van der Waals surface area contributed by atoms with E-state index >= 15 is 0 Å². The van der Waals surface area contributed by atoms with Gasteiger partial charge in [-0.25, -0.2) is 0 Å². The van der Waals surface area contributed by atoms with Gasteiger partial charge in [-0.1, -0.05) is 36.4 Å². The first-order valence-electron chi connectivity index (χ1n) is 7.41. The Morgan fingerprint density at radius 3 is 2.55 bits per heavy atom. The van der Waals surface area contributed by atoms with E-state index in [0.29, 0.717) is 13.2 Å². The molecule has 0 aliphatic carbocycles. The summed E-state index contributed by atoms with van der Waals surface area (Å²) in [6.45, 7) is 4.97. The second-order valence-electron chi connectivity index (χ2n) is 4.83. The Morgan fingerprint density at radius 2 is 1.82 bits per heavy atom. The van der Waals surface area contributed by atoms with E-state index in [1.165, 1.54) is 0 Å². The smallest absolute Gasteiger partial charge is 0.233 e. The van der Waals surface area contributed by atoms with Gasteiger partial charge in [0.1, 0.15) is 5.75 Å². The molecular formula is C18H21NO2S. The monoisotopic (exact) mass is 315 g/mol. The molecule has 1 N–H and O–H groups in total. The van der Waals surface area contributed by atoms with Crippen LogP contribution in [0, 0.1) is 0 Å². The number of ether oxygens (including phenoxy) is 1. The lowest BCUT2D eigenvalue weighted by atomic mass is 10.2. The summed E-state index contributed by atoms with van der Waals surface area (Å²) in [4.78, 5) is 13.3. The third-order valence-electron chi connectivity index (χ3n) is 3.15. The summed E-state index contributed by atoms with van der Waals surface area (Å²) in [5.41, 5.74) is 0.995. The molecule has 0 saturated heterocycles. The van der Waals surface area contributed by atoms with Crippen LogP contribution < -0.4 is 10.1 Å². The Hall–Kier alpha value is -1.94. The van der Waals surface area contributed by atoms with Crippen molar-refractivity contribution in [1.82, 2.24) is 5.32 Å². The van der Waals surface area contributed by atoms with Gasteiger partial charge in [0, 0.05) is 17.0 Å². The Kier molecular flexibility index (Phi) is 6.34. The first-order valence-corrected chi connectivity index (χ1v) is 8.28. The van der Waals surface area contributed by atoms with E-state index < -0.39 is 0 Å². The van der Waals surface area contributed by atoms with Crippen LogP contribution in [-0.4, -0.2) is 17.8 Å². The van der Waals surface area contributed by atoms with Crippen LogP contribution in [0.3, 0.4) is 0 Å². The number of benzene rings is 2. The van der Waals surface area contributed by atoms with Crippen LogP contribution in [-0.2, 0) is 11.3 Å². The highest BCUT2D eigenvalue weighted by atomic mass is 32.2. The molecule has 0 spiro atoms. The quantitative estimate of drug-likeness (QED) is 0.788. The fourth-order valence-corrected chi connectivity index (χ4v) is 2.94. The van der Waals surface area contributed by atoms with Crippen LogP contribution >= 0.6 is 11.8 Å². The third-order valence-corrected chi connectivity index (χ3v) is 4.26. The molecule has 2 aromatic rings. The van der Waals surface area contributed by atoms with Crippen LogP contribution in [0.1, 0.15) is 19.4 Å². The van der Waals surface area contributed by atoms with Crippen molar-refractivity contribution in [2.75, 3.05) is 6.61 Å². The second-order valence-corrected chi connectivity index (χ2v) is 6.25. The summed E-state index contributed by atoms with van der Waals surface area (Å²) in [5, 5.41) is 2.84. The van der Waals surface area contributed by atoms with Gasteiger partial charge < -0.3 is 10.1 Å². The maximum atomic E-state index is 12.2. The lowest BCUT2D eigenvalue weighted by Gasteiger charge is -2.14. The van der Waals surface area contributed by atoms with Crippen LogP contribution in [0.25, 0.3) is 0 Å².